The number of nitrogen functional groups attached to an aromatic ring is 1. The topological polar surface area (TPSA) is 95.1 Å². The van der Waals surface area contributed by atoms with Crippen molar-refractivity contribution in [2.24, 2.45) is 7.05 Å². The van der Waals surface area contributed by atoms with Crippen LogP contribution in [0.3, 0.4) is 0 Å². The molecule has 18 heavy (non-hydrogen) atoms. The fourth-order valence-corrected chi connectivity index (χ4v) is 1.33. The van der Waals surface area contributed by atoms with Gasteiger partial charge in [-0.3, -0.25) is 10.1 Å². The minimum atomic E-state index is -0.325. The van der Waals surface area contributed by atoms with E-state index in [0.717, 1.165) is 0 Å². The van der Waals surface area contributed by atoms with Crippen molar-refractivity contribution in [3.8, 4) is 5.75 Å². The summed E-state index contributed by atoms with van der Waals surface area (Å²) >= 11 is 0. The van der Waals surface area contributed by atoms with Crippen LogP contribution in [-0.2, 0) is 11.8 Å². The number of benzene rings is 1. The Kier molecular flexibility index (Phi) is 3.42. The normalized spacial score (nSPS) is 10.1. The fourth-order valence-electron chi connectivity index (χ4n) is 1.33. The quantitative estimate of drug-likeness (QED) is 0.763. The lowest BCUT2D eigenvalue weighted by Crippen LogP contribution is -2.22. The number of nitrogens with two attached hydrogens (primary N) is 1. The third-order valence-corrected chi connectivity index (χ3v) is 2.24. The van der Waals surface area contributed by atoms with Crippen LogP contribution in [0.1, 0.15) is 0 Å². The molecule has 1 heterocycles. The molecule has 7 heteroatoms. The largest absolute Gasteiger partial charge is 0.482 e. The lowest BCUT2D eigenvalue weighted by atomic mass is 10.3. The molecular weight excluding hydrogens is 234 g/mol. The predicted octanol–water partition coefficient (Wildman–Crippen LogP) is 0.415. The van der Waals surface area contributed by atoms with E-state index in [1.807, 2.05) is 0 Å². The number of ether oxygens (including phenoxy) is 1. The molecule has 2 aromatic rings. The number of rotatable bonds is 4. The number of carbonyl (C=O) groups excluding carboxylic acids is 1. The number of anilines is 2. The molecule has 1 aromatic carbocycles. The van der Waals surface area contributed by atoms with Gasteiger partial charge < -0.3 is 10.5 Å². The lowest BCUT2D eigenvalue weighted by Gasteiger charge is -2.08. The number of nitrogens with one attached hydrogen (secondary N) is 1. The van der Waals surface area contributed by atoms with Gasteiger partial charge in [-0.25, -0.2) is 4.68 Å². The van der Waals surface area contributed by atoms with Crippen LogP contribution >= 0.6 is 0 Å². The molecule has 0 saturated heterocycles. The zero-order valence-corrected chi connectivity index (χ0v) is 9.83. The molecule has 0 aliphatic rings. The van der Waals surface area contributed by atoms with E-state index in [-0.39, 0.29) is 12.5 Å². The number of aryl methyl sites for hydroxylation is 1. The van der Waals surface area contributed by atoms with E-state index in [2.05, 4.69) is 15.4 Å². The Hall–Kier alpha value is -2.57. The smallest absolute Gasteiger partial charge is 0.264 e. The van der Waals surface area contributed by atoms with Gasteiger partial charge in [0.1, 0.15) is 12.1 Å². The van der Waals surface area contributed by atoms with Gasteiger partial charge in [0.25, 0.3) is 5.91 Å². The minimum Gasteiger partial charge on any atom is -0.482 e. The van der Waals surface area contributed by atoms with Crippen molar-refractivity contribution in [2.75, 3.05) is 17.7 Å². The van der Waals surface area contributed by atoms with E-state index in [0.29, 0.717) is 17.4 Å². The Morgan fingerprint density at radius 2 is 2.28 bits per heavy atom. The molecule has 0 saturated carbocycles. The lowest BCUT2D eigenvalue weighted by molar-refractivity contribution is -0.118. The maximum absolute atomic E-state index is 11.6. The molecule has 1 aromatic heterocycles. The van der Waals surface area contributed by atoms with Crippen molar-refractivity contribution in [3.05, 3.63) is 30.6 Å². The highest BCUT2D eigenvalue weighted by molar-refractivity contribution is 5.90. The summed E-state index contributed by atoms with van der Waals surface area (Å²) in [6, 6.07) is 6.98. The van der Waals surface area contributed by atoms with E-state index in [4.69, 9.17) is 10.5 Å². The van der Waals surface area contributed by atoms with Crippen LogP contribution in [0.25, 0.3) is 0 Å². The average Bonchev–Trinajstić information content (AvgIpc) is 2.74. The Balaban J connectivity index is 1.90. The summed E-state index contributed by atoms with van der Waals surface area (Å²) in [6.45, 7) is -0.138. The van der Waals surface area contributed by atoms with Gasteiger partial charge in [-0.05, 0) is 12.1 Å². The third-order valence-electron chi connectivity index (χ3n) is 2.24. The molecule has 1 amide bonds. The van der Waals surface area contributed by atoms with Gasteiger partial charge in [0.2, 0.25) is 5.95 Å². The summed E-state index contributed by atoms with van der Waals surface area (Å²) in [5.74, 6) is 0.518. The summed E-state index contributed by atoms with van der Waals surface area (Å²) in [5, 5.41) is 6.40. The molecule has 0 aliphatic heterocycles. The SMILES string of the molecule is Cn1ncnc1NC(=O)COc1ccccc1N. The Morgan fingerprint density at radius 3 is 2.94 bits per heavy atom. The second kappa shape index (κ2) is 5.17. The van der Waals surface area contributed by atoms with Crippen molar-refractivity contribution < 1.29 is 9.53 Å². The molecule has 0 unspecified atom stereocenters. The van der Waals surface area contributed by atoms with Gasteiger partial charge in [-0.15, -0.1) is 0 Å². The van der Waals surface area contributed by atoms with Crippen LogP contribution in [0, 0.1) is 0 Å². The summed E-state index contributed by atoms with van der Waals surface area (Å²) in [7, 11) is 1.68. The molecule has 0 fully saturated rings. The monoisotopic (exact) mass is 247 g/mol. The molecule has 0 atom stereocenters. The number of aromatic nitrogens is 3. The Morgan fingerprint density at radius 1 is 1.50 bits per heavy atom. The highest BCUT2D eigenvalue weighted by Crippen LogP contribution is 2.19. The van der Waals surface area contributed by atoms with Crippen molar-refractivity contribution in [1.82, 2.24) is 14.8 Å². The number of amides is 1. The van der Waals surface area contributed by atoms with Gasteiger partial charge in [-0.2, -0.15) is 10.1 Å². The molecule has 2 rings (SSSR count). The number of nitrogens with zero attached hydrogens (tertiary/aromatic N) is 3. The van der Waals surface area contributed by atoms with Crippen LogP contribution in [0.2, 0.25) is 0 Å². The summed E-state index contributed by atoms with van der Waals surface area (Å²) in [5.41, 5.74) is 6.17. The maximum Gasteiger partial charge on any atom is 0.264 e. The summed E-state index contributed by atoms with van der Waals surface area (Å²) < 4.78 is 6.75. The van der Waals surface area contributed by atoms with E-state index >= 15 is 0 Å². The fraction of sp³-hybridized carbons (Fsp3) is 0.182. The predicted molar refractivity (Wildman–Crippen MR) is 66.0 cm³/mol. The molecule has 0 spiro atoms. The second-order valence-corrected chi connectivity index (χ2v) is 3.58. The van der Waals surface area contributed by atoms with E-state index < -0.39 is 0 Å². The molecule has 3 N–H and O–H groups in total. The second-order valence-electron chi connectivity index (χ2n) is 3.58. The van der Waals surface area contributed by atoms with Crippen LogP contribution in [0.5, 0.6) is 5.75 Å². The molecular formula is C11H13N5O2. The van der Waals surface area contributed by atoms with Crippen LogP contribution < -0.4 is 15.8 Å². The van der Waals surface area contributed by atoms with Gasteiger partial charge in [-0.1, -0.05) is 12.1 Å². The maximum atomic E-state index is 11.6. The van der Waals surface area contributed by atoms with E-state index in [1.54, 1.807) is 31.3 Å². The first-order valence-corrected chi connectivity index (χ1v) is 5.28. The molecule has 0 aliphatic carbocycles. The molecule has 0 bridgehead atoms. The van der Waals surface area contributed by atoms with Gasteiger partial charge in [0, 0.05) is 7.05 Å². The van der Waals surface area contributed by atoms with Gasteiger partial charge >= 0.3 is 0 Å². The van der Waals surface area contributed by atoms with Crippen molar-refractivity contribution in [3.63, 3.8) is 0 Å². The first-order chi connectivity index (χ1) is 8.66. The highest BCUT2D eigenvalue weighted by atomic mass is 16.5. The molecule has 0 radical (unpaired) electrons. The van der Waals surface area contributed by atoms with E-state index in [1.165, 1.54) is 11.0 Å². The summed E-state index contributed by atoms with van der Waals surface area (Å²) in [4.78, 5) is 15.5. The number of para-hydroxylation sites is 2. The highest BCUT2D eigenvalue weighted by Gasteiger charge is 2.08. The average molecular weight is 247 g/mol. The van der Waals surface area contributed by atoms with Crippen LogP contribution in [0.15, 0.2) is 30.6 Å². The number of hydrogen-bond acceptors (Lipinski definition) is 5. The Bertz CT molecular complexity index is 552. The molecule has 94 valence electrons. The summed E-state index contributed by atoms with van der Waals surface area (Å²) in [6.07, 6.45) is 1.35. The Labute approximate surface area is 104 Å². The molecule has 7 nitrogen and oxygen atoms in total. The first kappa shape index (κ1) is 11.9. The first-order valence-electron chi connectivity index (χ1n) is 5.28. The standard InChI is InChI=1S/C11H13N5O2/c1-16-11(13-7-14-16)15-10(17)6-18-9-5-3-2-4-8(9)12/h2-5,7H,6,12H2,1H3,(H,13,14,15,17). The third kappa shape index (κ3) is 2.76. The van der Waals surface area contributed by atoms with Crippen LogP contribution in [0.4, 0.5) is 11.6 Å². The zero-order valence-electron chi connectivity index (χ0n) is 9.83. The van der Waals surface area contributed by atoms with Gasteiger partial charge in [0.05, 0.1) is 5.69 Å². The number of carbonyl (C=O) groups is 1. The minimum absolute atomic E-state index is 0.138. The van der Waals surface area contributed by atoms with Crippen molar-refractivity contribution >= 4 is 17.5 Å². The van der Waals surface area contributed by atoms with Crippen LogP contribution in [-0.4, -0.2) is 27.3 Å². The van der Waals surface area contributed by atoms with Crippen molar-refractivity contribution in [2.45, 2.75) is 0 Å². The zero-order chi connectivity index (χ0) is 13.0. The van der Waals surface area contributed by atoms with Gasteiger partial charge in [0.15, 0.2) is 6.61 Å². The van der Waals surface area contributed by atoms with Crippen molar-refractivity contribution in [1.29, 1.82) is 0 Å². The van der Waals surface area contributed by atoms with E-state index in [9.17, 15) is 4.79 Å². The number of hydrogen-bond donors (Lipinski definition) is 2.